The molecule has 2 aromatic rings. The van der Waals surface area contributed by atoms with Gasteiger partial charge in [-0.25, -0.2) is 4.68 Å². The predicted octanol–water partition coefficient (Wildman–Crippen LogP) is 1.99. The molecule has 0 fully saturated rings. The van der Waals surface area contributed by atoms with E-state index in [2.05, 4.69) is 10.4 Å². The second kappa shape index (κ2) is 7.24. The largest absolute Gasteiger partial charge is 0.348 e. The average Bonchev–Trinajstić information content (AvgIpc) is 2.77. The summed E-state index contributed by atoms with van der Waals surface area (Å²) in [6.07, 6.45) is 0. The van der Waals surface area contributed by atoms with E-state index >= 15 is 0 Å². The van der Waals surface area contributed by atoms with Crippen molar-refractivity contribution in [1.82, 2.24) is 15.1 Å². The molecule has 2 rings (SSSR count). The lowest BCUT2D eigenvalue weighted by atomic mass is 10.2. The number of carbonyl (C=O) groups is 1. The lowest BCUT2D eigenvalue weighted by molar-refractivity contribution is 0.0941. The first-order valence-electron chi connectivity index (χ1n) is 6.66. The highest BCUT2D eigenvalue weighted by atomic mass is 35.5. The molecule has 1 aromatic heterocycles. The molecule has 0 radical (unpaired) electrons. The number of rotatable bonds is 4. The zero-order valence-corrected chi connectivity index (χ0v) is 13.3. The van der Waals surface area contributed by atoms with Crippen molar-refractivity contribution in [1.29, 1.82) is 0 Å². The van der Waals surface area contributed by atoms with Crippen LogP contribution in [-0.4, -0.2) is 28.3 Å². The molecule has 5 nitrogen and oxygen atoms in total. The highest BCUT2D eigenvalue weighted by Crippen LogP contribution is 2.13. The molecule has 1 aromatic carbocycles. The Morgan fingerprint density at radius 2 is 1.95 bits per heavy atom. The van der Waals surface area contributed by atoms with Crippen LogP contribution in [0.5, 0.6) is 0 Å². The van der Waals surface area contributed by atoms with Gasteiger partial charge in [0, 0.05) is 23.8 Å². The molecule has 0 spiro atoms. The van der Waals surface area contributed by atoms with E-state index in [1.54, 1.807) is 12.1 Å². The van der Waals surface area contributed by atoms with Gasteiger partial charge in [0.2, 0.25) is 0 Å². The fourth-order valence-electron chi connectivity index (χ4n) is 2.01. The molecule has 114 valence electrons. The van der Waals surface area contributed by atoms with Crippen LogP contribution in [0, 0.1) is 13.8 Å². The summed E-state index contributed by atoms with van der Waals surface area (Å²) in [5.74, 6) is -0.108. The molecule has 1 atom stereocenters. The van der Waals surface area contributed by atoms with Crippen molar-refractivity contribution in [3.8, 4) is 5.69 Å². The number of hydrogen-bond acceptors (Lipinski definition) is 3. The maximum Gasteiger partial charge on any atom is 0.251 e. The normalized spacial score (nSPS) is 11.6. The monoisotopic (exact) mass is 308 g/mol. The van der Waals surface area contributed by atoms with Gasteiger partial charge in [0.1, 0.15) is 0 Å². The Morgan fingerprint density at radius 3 is 2.43 bits per heavy atom. The van der Waals surface area contributed by atoms with Crippen LogP contribution in [0.15, 0.2) is 30.3 Å². The number of nitrogens with zero attached hydrogens (tertiary/aromatic N) is 2. The third-order valence-electron chi connectivity index (χ3n) is 3.11. The van der Waals surface area contributed by atoms with E-state index in [1.807, 2.05) is 43.7 Å². The van der Waals surface area contributed by atoms with Gasteiger partial charge in [-0.15, -0.1) is 12.4 Å². The number of aromatic nitrogens is 2. The van der Waals surface area contributed by atoms with Gasteiger partial charge in [-0.2, -0.15) is 5.10 Å². The summed E-state index contributed by atoms with van der Waals surface area (Å²) in [5.41, 5.74) is 9.10. The van der Waals surface area contributed by atoms with Crippen LogP contribution >= 0.6 is 12.4 Å². The molecule has 6 heteroatoms. The van der Waals surface area contributed by atoms with Gasteiger partial charge in [0.15, 0.2) is 0 Å². The molecule has 1 amide bonds. The number of nitrogens with two attached hydrogens (primary N) is 1. The SMILES string of the molecule is Cc1cc(C)n(-c2ccc(C(=O)N[C@@H](C)CN)cc2)n1.Cl. The highest BCUT2D eigenvalue weighted by molar-refractivity contribution is 5.94. The van der Waals surface area contributed by atoms with Gasteiger partial charge in [-0.05, 0) is 51.1 Å². The minimum Gasteiger partial charge on any atom is -0.348 e. The molecule has 0 bridgehead atoms. The lowest BCUT2D eigenvalue weighted by Crippen LogP contribution is -2.37. The van der Waals surface area contributed by atoms with E-state index < -0.39 is 0 Å². The zero-order valence-electron chi connectivity index (χ0n) is 12.5. The molecule has 21 heavy (non-hydrogen) atoms. The molecule has 0 saturated heterocycles. The van der Waals surface area contributed by atoms with Gasteiger partial charge in [-0.1, -0.05) is 0 Å². The Hall–Kier alpha value is -1.85. The quantitative estimate of drug-likeness (QED) is 0.907. The van der Waals surface area contributed by atoms with E-state index in [0.29, 0.717) is 12.1 Å². The van der Waals surface area contributed by atoms with Crippen LogP contribution in [-0.2, 0) is 0 Å². The molecule has 0 aliphatic carbocycles. The fraction of sp³-hybridized carbons (Fsp3) is 0.333. The maximum absolute atomic E-state index is 11.9. The van der Waals surface area contributed by atoms with Crippen LogP contribution in [0.2, 0.25) is 0 Å². The minimum absolute atomic E-state index is 0. The summed E-state index contributed by atoms with van der Waals surface area (Å²) in [6, 6.07) is 9.36. The summed E-state index contributed by atoms with van der Waals surface area (Å²) >= 11 is 0. The highest BCUT2D eigenvalue weighted by Gasteiger charge is 2.09. The van der Waals surface area contributed by atoms with Gasteiger partial charge < -0.3 is 11.1 Å². The molecule has 0 unspecified atom stereocenters. The van der Waals surface area contributed by atoms with Crippen LogP contribution in [0.1, 0.15) is 28.7 Å². The summed E-state index contributed by atoms with van der Waals surface area (Å²) in [5, 5.41) is 7.25. The van der Waals surface area contributed by atoms with Gasteiger partial charge in [0.25, 0.3) is 5.91 Å². The van der Waals surface area contributed by atoms with Crippen LogP contribution in [0.25, 0.3) is 5.69 Å². The molecular weight excluding hydrogens is 288 g/mol. The number of benzene rings is 1. The third kappa shape index (κ3) is 4.06. The van der Waals surface area contributed by atoms with Crippen molar-refractivity contribution in [2.24, 2.45) is 5.73 Å². The minimum atomic E-state index is -0.108. The number of hydrogen-bond donors (Lipinski definition) is 2. The Balaban J connectivity index is 0.00000220. The zero-order chi connectivity index (χ0) is 14.7. The second-order valence-corrected chi connectivity index (χ2v) is 5.00. The Labute approximate surface area is 130 Å². The van der Waals surface area contributed by atoms with E-state index in [4.69, 9.17) is 5.73 Å². The first-order valence-corrected chi connectivity index (χ1v) is 6.66. The maximum atomic E-state index is 11.9. The predicted molar refractivity (Wildman–Crippen MR) is 86.3 cm³/mol. The number of halogens is 1. The number of aryl methyl sites for hydroxylation is 2. The Bertz CT molecular complexity index is 607. The molecule has 0 saturated carbocycles. The lowest BCUT2D eigenvalue weighted by Gasteiger charge is -2.11. The Kier molecular flexibility index (Phi) is 5.93. The number of carbonyl (C=O) groups excluding carboxylic acids is 1. The van der Waals surface area contributed by atoms with Crippen molar-refractivity contribution in [3.05, 3.63) is 47.3 Å². The fourth-order valence-corrected chi connectivity index (χ4v) is 2.01. The summed E-state index contributed by atoms with van der Waals surface area (Å²) in [4.78, 5) is 11.9. The van der Waals surface area contributed by atoms with Crippen LogP contribution in [0.3, 0.4) is 0 Å². The van der Waals surface area contributed by atoms with Crippen LogP contribution < -0.4 is 11.1 Å². The molecule has 0 aliphatic heterocycles. The van der Waals surface area contributed by atoms with Crippen LogP contribution in [0.4, 0.5) is 0 Å². The van der Waals surface area contributed by atoms with Crippen molar-refractivity contribution in [2.45, 2.75) is 26.8 Å². The third-order valence-corrected chi connectivity index (χ3v) is 3.11. The standard InChI is InChI=1S/C15H20N4O.ClH/c1-10-8-12(3)19(18-10)14-6-4-13(5-7-14)15(20)17-11(2)9-16;/h4-8,11H,9,16H2,1-3H3,(H,17,20);1H/t11-;/m0./s1. The molecule has 0 aliphatic rings. The van der Waals surface area contributed by atoms with Crippen molar-refractivity contribution >= 4 is 18.3 Å². The van der Waals surface area contributed by atoms with Crippen molar-refractivity contribution in [3.63, 3.8) is 0 Å². The molecule has 1 heterocycles. The van der Waals surface area contributed by atoms with E-state index in [9.17, 15) is 4.79 Å². The Morgan fingerprint density at radius 1 is 1.33 bits per heavy atom. The summed E-state index contributed by atoms with van der Waals surface area (Å²) in [6.45, 7) is 6.26. The summed E-state index contributed by atoms with van der Waals surface area (Å²) < 4.78 is 1.86. The van der Waals surface area contributed by atoms with Gasteiger partial charge >= 0.3 is 0 Å². The van der Waals surface area contributed by atoms with Crippen molar-refractivity contribution < 1.29 is 4.79 Å². The molecule has 3 N–H and O–H groups in total. The van der Waals surface area contributed by atoms with Gasteiger partial charge in [0.05, 0.1) is 11.4 Å². The molecular formula is C15H21ClN4O. The van der Waals surface area contributed by atoms with E-state index in [0.717, 1.165) is 17.1 Å². The smallest absolute Gasteiger partial charge is 0.251 e. The average molecular weight is 309 g/mol. The first-order chi connectivity index (χ1) is 9.51. The first kappa shape index (κ1) is 17.2. The van der Waals surface area contributed by atoms with E-state index in [-0.39, 0.29) is 24.4 Å². The number of nitrogens with one attached hydrogen (secondary N) is 1. The van der Waals surface area contributed by atoms with E-state index in [1.165, 1.54) is 0 Å². The topological polar surface area (TPSA) is 72.9 Å². The summed E-state index contributed by atoms with van der Waals surface area (Å²) in [7, 11) is 0. The number of amides is 1. The second-order valence-electron chi connectivity index (χ2n) is 5.00. The van der Waals surface area contributed by atoms with Crippen molar-refractivity contribution in [2.75, 3.05) is 6.54 Å². The van der Waals surface area contributed by atoms with Gasteiger partial charge in [-0.3, -0.25) is 4.79 Å².